The summed E-state index contributed by atoms with van der Waals surface area (Å²) in [7, 11) is 0. The summed E-state index contributed by atoms with van der Waals surface area (Å²) < 4.78 is 0. The van der Waals surface area contributed by atoms with Crippen molar-refractivity contribution in [3.63, 3.8) is 0 Å². The molecule has 4 aromatic carbocycles. The highest BCUT2D eigenvalue weighted by molar-refractivity contribution is 6.31. The second-order valence-electron chi connectivity index (χ2n) is 5.68. The Balaban J connectivity index is 1.95. The number of rotatable bonds is 2. The standard InChI is InChI=1S/C20H12ClNO2/c21-18-7-8-19(20(12-18)22(23)24)16-6-5-15-9-13-3-1-2-4-14(13)10-17(15)11-16/h1-12H. The molecule has 0 atom stereocenters. The maximum Gasteiger partial charge on any atom is 0.278 e. The molecule has 0 radical (unpaired) electrons. The normalized spacial score (nSPS) is 11.0. The SMILES string of the molecule is O=[N+]([O-])c1cc(Cl)ccc1-c1ccc2cc3ccccc3cc2c1. The number of nitro groups is 1. The van der Waals surface area contributed by atoms with Gasteiger partial charge in [0.1, 0.15) is 0 Å². The van der Waals surface area contributed by atoms with Gasteiger partial charge in [0, 0.05) is 11.1 Å². The first-order chi connectivity index (χ1) is 11.6. The van der Waals surface area contributed by atoms with Crippen molar-refractivity contribution in [2.75, 3.05) is 0 Å². The Kier molecular flexibility index (Phi) is 3.44. The second-order valence-corrected chi connectivity index (χ2v) is 6.12. The van der Waals surface area contributed by atoms with Crippen LogP contribution in [0.3, 0.4) is 0 Å². The first-order valence-corrected chi connectivity index (χ1v) is 7.86. The number of hydrogen-bond acceptors (Lipinski definition) is 2. The van der Waals surface area contributed by atoms with Crippen LogP contribution >= 0.6 is 11.6 Å². The summed E-state index contributed by atoms with van der Waals surface area (Å²) in [4.78, 5) is 10.9. The van der Waals surface area contributed by atoms with E-state index >= 15 is 0 Å². The van der Waals surface area contributed by atoms with Crippen molar-refractivity contribution in [3.8, 4) is 11.1 Å². The molecule has 0 aliphatic rings. The molecule has 0 aromatic heterocycles. The zero-order valence-electron chi connectivity index (χ0n) is 12.6. The molecule has 24 heavy (non-hydrogen) atoms. The van der Waals surface area contributed by atoms with E-state index in [1.807, 2.05) is 30.3 Å². The van der Waals surface area contributed by atoms with Crippen LogP contribution in [0.5, 0.6) is 0 Å². The van der Waals surface area contributed by atoms with E-state index in [2.05, 4.69) is 24.3 Å². The fourth-order valence-electron chi connectivity index (χ4n) is 3.01. The van der Waals surface area contributed by atoms with Gasteiger partial charge in [0.05, 0.1) is 10.5 Å². The van der Waals surface area contributed by atoms with Crippen LogP contribution in [0.2, 0.25) is 5.02 Å². The lowest BCUT2D eigenvalue weighted by molar-refractivity contribution is -0.384. The highest BCUT2D eigenvalue weighted by Crippen LogP contribution is 2.34. The van der Waals surface area contributed by atoms with Gasteiger partial charge in [0.25, 0.3) is 5.69 Å². The van der Waals surface area contributed by atoms with Crippen LogP contribution in [0, 0.1) is 10.1 Å². The van der Waals surface area contributed by atoms with Crippen LogP contribution in [-0.2, 0) is 0 Å². The molecule has 4 heteroatoms. The lowest BCUT2D eigenvalue weighted by Gasteiger charge is -2.07. The molecule has 4 aromatic rings. The molecule has 0 heterocycles. The summed E-state index contributed by atoms with van der Waals surface area (Å²) in [5, 5.41) is 16.2. The molecule has 4 rings (SSSR count). The molecule has 0 aliphatic heterocycles. The van der Waals surface area contributed by atoms with Gasteiger partial charge in [-0.2, -0.15) is 0 Å². The van der Waals surface area contributed by atoms with Crippen molar-refractivity contribution in [2.45, 2.75) is 0 Å². The number of fused-ring (bicyclic) bond motifs is 2. The Morgan fingerprint density at radius 3 is 2.12 bits per heavy atom. The topological polar surface area (TPSA) is 43.1 Å². The Morgan fingerprint density at radius 1 is 0.750 bits per heavy atom. The van der Waals surface area contributed by atoms with Crippen molar-refractivity contribution in [3.05, 3.63) is 87.9 Å². The Labute approximate surface area is 143 Å². The third-order valence-electron chi connectivity index (χ3n) is 4.17. The lowest BCUT2D eigenvalue weighted by Crippen LogP contribution is -1.92. The second kappa shape index (κ2) is 5.62. The summed E-state index contributed by atoms with van der Waals surface area (Å²) in [6.07, 6.45) is 0. The van der Waals surface area contributed by atoms with E-state index in [-0.39, 0.29) is 5.69 Å². The fraction of sp³-hybridized carbons (Fsp3) is 0. The maximum atomic E-state index is 11.3. The fourth-order valence-corrected chi connectivity index (χ4v) is 3.17. The minimum atomic E-state index is -0.397. The van der Waals surface area contributed by atoms with E-state index in [0.29, 0.717) is 10.6 Å². The molecule has 3 nitrogen and oxygen atoms in total. The molecule has 0 N–H and O–H groups in total. The summed E-state index contributed by atoms with van der Waals surface area (Å²) in [5.74, 6) is 0. The van der Waals surface area contributed by atoms with Crippen LogP contribution in [-0.4, -0.2) is 4.92 Å². The monoisotopic (exact) mass is 333 g/mol. The predicted octanol–water partition coefficient (Wildman–Crippen LogP) is 6.22. The highest BCUT2D eigenvalue weighted by Gasteiger charge is 2.16. The lowest BCUT2D eigenvalue weighted by atomic mass is 9.98. The maximum absolute atomic E-state index is 11.3. The Bertz CT molecular complexity index is 1110. The minimum absolute atomic E-state index is 0.0163. The van der Waals surface area contributed by atoms with Crippen molar-refractivity contribution in [1.82, 2.24) is 0 Å². The van der Waals surface area contributed by atoms with Gasteiger partial charge < -0.3 is 0 Å². The van der Waals surface area contributed by atoms with Gasteiger partial charge in [-0.3, -0.25) is 10.1 Å². The highest BCUT2D eigenvalue weighted by atomic mass is 35.5. The summed E-state index contributed by atoms with van der Waals surface area (Å²) in [5.41, 5.74) is 1.39. The van der Waals surface area contributed by atoms with Gasteiger partial charge >= 0.3 is 0 Å². The van der Waals surface area contributed by atoms with Gasteiger partial charge in [0.15, 0.2) is 0 Å². The van der Waals surface area contributed by atoms with Crippen LogP contribution in [0.25, 0.3) is 32.7 Å². The summed E-state index contributed by atoms with van der Waals surface area (Å²) >= 11 is 5.90. The molecule has 0 saturated heterocycles. The zero-order valence-corrected chi connectivity index (χ0v) is 13.3. The van der Waals surface area contributed by atoms with E-state index < -0.39 is 4.92 Å². The first-order valence-electron chi connectivity index (χ1n) is 7.49. The largest absolute Gasteiger partial charge is 0.278 e. The molecular formula is C20H12ClNO2. The Morgan fingerprint density at radius 2 is 1.42 bits per heavy atom. The number of hydrogen-bond donors (Lipinski definition) is 0. The average Bonchev–Trinajstić information content (AvgIpc) is 2.59. The zero-order chi connectivity index (χ0) is 16.7. The van der Waals surface area contributed by atoms with Gasteiger partial charge in [-0.05, 0) is 57.4 Å². The number of nitrogens with zero attached hydrogens (tertiary/aromatic N) is 1. The van der Waals surface area contributed by atoms with Gasteiger partial charge in [-0.15, -0.1) is 0 Å². The summed E-state index contributed by atoms with van der Waals surface area (Å²) in [6.45, 7) is 0. The average molecular weight is 334 g/mol. The smallest absolute Gasteiger partial charge is 0.258 e. The quantitative estimate of drug-likeness (QED) is 0.248. The number of nitro benzene ring substituents is 1. The van der Waals surface area contributed by atoms with Gasteiger partial charge in [-0.1, -0.05) is 48.0 Å². The molecule has 0 amide bonds. The van der Waals surface area contributed by atoms with Crippen molar-refractivity contribution < 1.29 is 4.92 Å². The van der Waals surface area contributed by atoms with E-state index in [1.165, 1.54) is 11.5 Å². The number of halogens is 1. The van der Waals surface area contributed by atoms with E-state index in [1.54, 1.807) is 12.1 Å². The molecule has 0 fully saturated rings. The molecule has 116 valence electrons. The van der Waals surface area contributed by atoms with E-state index in [0.717, 1.165) is 21.7 Å². The molecule has 0 saturated carbocycles. The predicted molar refractivity (Wildman–Crippen MR) is 98.6 cm³/mol. The Hall–Kier alpha value is -2.91. The number of benzene rings is 4. The molecular weight excluding hydrogens is 322 g/mol. The molecule has 0 bridgehead atoms. The van der Waals surface area contributed by atoms with Gasteiger partial charge in [-0.25, -0.2) is 0 Å². The van der Waals surface area contributed by atoms with Crippen LogP contribution in [0.1, 0.15) is 0 Å². The third-order valence-corrected chi connectivity index (χ3v) is 4.41. The van der Waals surface area contributed by atoms with E-state index in [4.69, 9.17) is 11.6 Å². The first kappa shape index (κ1) is 14.7. The van der Waals surface area contributed by atoms with Crippen molar-refractivity contribution in [1.29, 1.82) is 0 Å². The van der Waals surface area contributed by atoms with Crippen molar-refractivity contribution >= 4 is 38.8 Å². The van der Waals surface area contributed by atoms with Crippen LogP contribution in [0.15, 0.2) is 72.8 Å². The summed E-state index contributed by atoms with van der Waals surface area (Å²) in [6, 6.07) is 23.0. The van der Waals surface area contributed by atoms with E-state index in [9.17, 15) is 10.1 Å². The van der Waals surface area contributed by atoms with Gasteiger partial charge in [0.2, 0.25) is 0 Å². The minimum Gasteiger partial charge on any atom is -0.258 e. The molecule has 0 unspecified atom stereocenters. The van der Waals surface area contributed by atoms with Crippen LogP contribution < -0.4 is 0 Å². The third kappa shape index (κ3) is 2.49. The van der Waals surface area contributed by atoms with Crippen LogP contribution in [0.4, 0.5) is 5.69 Å². The molecule has 0 spiro atoms. The molecule has 0 aliphatic carbocycles. The van der Waals surface area contributed by atoms with Crippen molar-refractivity contribution in [2.24, 2.45) is 0 Å².